The van der Waals surface area contributed by atoms with E-state index in [2.05, 4.69) is 0 Å². The van der Waals surface area contributed by atoms with Crippen LogP contribution in [0.25, 0.3) is 0 Å². The summed E-state index contributed by atoms with van der Waals surface area (Å²) >= 11 is 0. The van der Waals surface area contributed by atoms with Gasteiger partial charge in [0.1, 0.15) is 18.1 Å². The second-order valence-corrected chi connectivity index (χ2v) is 7.81. The highest BCUT2D eigenvalue weighted by molar-refractivity contribution is 5.72. The van der Waals surface area contributed by atoms with Crippen molar-refractivity contribution in [3.63, 3.8) is 0 Å². The number of carbonyl (C=O) groups is 2. The average molecular weight is 463 g/mol. The zero-order valence-electron chi connectivity index (χ0n) is 18.3. The van der Waals surface area contributed by atoms with E-state index in [9.17, 15) is 23.5 Å². The van der Waals surface area contributed by atoms with E-state index >= 15 is 0 Å². The van der Waals surface area contributed by atoms with Crippen molar-refractivity contribution in [3.05, 3.63) is 59.7 Å². The fraction of sp³-hybridized carbons (Fsp3) is 0.417. The number of carboxylic acid groups (broad SMARTS) is 1. The highest BCUT2D eigenvalue weighted by atomic mass is 19.2. The van der Waals surface area contributed by atoms with Crippen molar-refractivity contribution in [2.75, 3.05) is 26.3 Å². The zero-order chi connectivity index (χ0) is 23.8. The topological polar surface area (TPSA) is 85.3 Å². The Morgan fingerprint density at radius 3 is 2.39 bits per heavy atom. The van der Waals surface area contributed by atoms with Crippen molar-refractivity contribution in [2.24, 2.45) is 5.92 Å². The van der Waals surface area contributed by atoms with Crippen LogP contribution in [0.1, 0.15) is 25.3 Å². The minimum absolute atomic E-state index is 0.0667. The Morgan fingerprint density at radius 2 is 1.79 bits per heavy atom. The predicted octanol–water partition coefficient (Wildman–Crippen LogP) is 4.29. The van der Waals surface area contributed by atoms with Crippen molar-refractivity contribution in [1.82, 2.24) is 4.90 Å². The molecule has 1 saturated carbocycles. The lowest BCUT2D eigenvalue weighted by molar-refractivity contribution is -0.149. The highest BCUT2D eigenvalue weighted by Gasteiger charge is 2.28. The number of ether oxygens (including phenoxy) is 3. The summed E-state index contributed by atoms with van der Waals surface area (Å²) in [7, 11) is 0. The summed E-state index contributed by atoms with van der Waals surface area (Å²) in [4.78, 5) is 25.3. The van der Waals surface area contributed by atoms with Crippen LogP contribution in [0.5, 0.6) is 11.5 Å². The van der Waals surface area contributed by atoms with Crippen LogP contribution in [0.3, 0.4) is 0 Å². The molecule has 178 valence electrons. The second-order valence-electron chi connectivity index (χ2n) is 7.81. The second kappa shape index (κ2) is 11.6. The Morgan fingerprint density at radius 1 is 1.09 bits per heavy atom. The third-order valence-electron chi connectivity index (χ3n) is 5.15. The summed E-state index contributed by atoms with van der Waals surface area (Å²) in [5.74, 6) is -2.21. The van der Waals surface area contributed by atoms with Crippen LogP contribution in [0.2, 0.25) is 0 Å². The Balaban J connectivity index is 1.51. The van der Waals surface area contributed by atoms with Crippen molar-refractivity contribution in [1.29, 1.82) is 0 Å². The van der Waals surface area contributed by atoms with E-state index in [1.807, 2.05) is 0 Å². The van der Waals surface area contributed by atoms with Gasteiger partial charge in [0, 0.05) is 25.6 Å². The van der Waals surface area contributed by atoms with Gasteiger partial charge in [0.2, 0.25) is 0 Å². The lowest BCUT2D eigenvalue weighted by Crippen LogP contribution is -2.38. The van der Waals surface area contributed by atoms with E-state index in [1.165, 1.54) is 11.0 Å². The van der Waals surface area contributed by atoms with Gasteiger partial charge >= 0.3 is 12.1 Å². The van der Waals surface area contributed by atoms with Crippen molar-refractivity contribution >= 4 is 12.1 Å². The van der Waals surface area contributed by atoms with E-state index in [1.54, 1.807) is 31.2 Å². The van der Waals surface area contributed by atoms with Crippen LogP contribution in [0.4, 0.5) is 13.6 Å². The third-order valence-corrected chi connectivity index (χ3v) is 5.15. The smallest absolute Gasteiger partial charge is 0.415 e. The number of carboxylic acids is 1. The Bertz CT molecular complexity index is 948. The summed E-state index contributed by atoms with van der Waals surface area (Å²) in [6.45, 7) is 3.02. The summed E-state index contributed by atoms with van der Waals surface area (Å²) in [5.41, 5.74) is 0.800. The molecular weight excluding hydrogens is 436 g/mol. The van der Waals surface area contributed by atoms with E-state index in [-0.39, 0.29) is 25.3 Å². The molecule has 0 spiro atoms. The lowest BCUT2D eigenvalue weighted by Gasteiger charge is -2.22. The summed E-state index contributed by atoms with van der Waals surface area (Å²) < 4.78 is 42.6. The molecule has 1 aliphatic rings. The van der Waals surface area contributed by atoms with Crippen molar-refractivity contribution < 1.29 is 37.7 Å². The van der Waals surface area contributed by atoms with Gasteiger partial charge in [-0.1, -0.05) is 12.1 Å². The summed E-state index contributed by atoms with van der Waals surface area (Å²) in [5, 5.41) is 9.19. The van der Waals surface area contributed by atoms with Gasteiger partial charge in [-0.25, -0.2) is 18.4 Å². The first-order chi connectivity index (χ1) is 15.9. The maximum atomic E-state index is 13.4. The molecule has 1 fully saturated rings. The molecule has 0 radical (unpaired) electrons. The molecule has 0 saturated heterocycles. The molecule has 7 nitrogen and oxygen atoms in total. The van der Waals surface area contributed by atoms with Crippen molar-refractivity contribution in [2.45, 2.75) is 32.3 Å². The lowest BCUT2D eigenvalue weighted by atomic mass is 10.1. The molecule has 2 aromatic rings. The summed E-state index contributed by atoms with van der Waals surface area (Å²) in [6, 6.07) is 9.93. The first-order valence-electron chi connectivity index (χ1n) is 10.8. The van der Waals surface area contributed by atoms with E-state index < -0.39 is 29.8 Å². The number of benzene rings is 2. The van der Waals surface area contributed by atoms with E-state index in [4.69, 9.17) is 14.2 Å². The number of halogens is 2. The SMILES string of the molecule is CCOC(Cc1ccc(OCCN(CC2CC2)C(=O)Oc2ccc(F)c(F)c2)cc1)C(=O)O. The quantitative estimate of drug-likeness (QED) is 0.506. The molecule has 1 aliphatic carbocycles. The van der Waals surface area contributed by atoms with Gasteiger partial charge in [0.05, 0.1) is 6.54 Å². The molecule has 0 aromatic heterocycles. The minimum Gasteiger partial charge on any atom is -0.492 e. The van der Waals surface area contributed by atoms with Gasteiger partial charge in [0.15, 0.2) is 17.7 Å². The normalized spacial score (nSPS) is 13.9. The Kier molecular flexibility index (Phi) is 8.59. The Labute approximate surface area is 190 Å². The summed E-state index contributed by atoms with van der Waals surface area (Å²) in [6.07, 6.45) is 0.738. The largest absolute Gasteiger partial charge is 0.492 e. The molecule has 9 heteroatoms. The van der Waals surface area contributed by atoms with Crippen LogP contribution in [-0.4, -0.2) is 54.5 Å². The number of nitrogens with zero attached hydrogens (tertiary/aromatic N) is 1. The van der Waals surface area contributed by atoms with Gasteiger partial charge in [-0.15, -0.1) is 0 Å². The number of hydrogen-bond donors (Lipinski definition) is 1. The van der Waals surface area contributed by atoms with Crippen LogP contribution in [0, 0.1) is 17.6 Å². The number of hydrogen-bond acceptors (Lipinski definition) is 5. The minimum atomic E-state index is -1.09. The van der Waals surface area contributed by atoms with Crippen LogP contribution < -0.4 is 9.47 Å². The number of amides is 1. The molecule has 1 amide bonds. The first kappa shape index (κ1) is 24.4. The number of aliphatic carboxylic acids is 1. The predicted molar refractivity (Wildman–Crippen MR) is 115 cm³/mol. The van der Waals surface area contributed by atoms with Gasteiger partial charge in [0.25, 0.3) is 0 Å². The van der Waals surface area contributed by atoms with E-state index in [0.717, 1.165) is 30.5 Å². The van der Waals surface area contributed by atoms with Crippen molar-refractivity contribution in [3.8, 4) is 11.5 Å². The number of rotatable bonds is 12. The van der Waals surface area contributed by atoms with Crippen LogP contribution >= 0.6 is 0 Å². The van der Waals surface area contributed by atoms with Gasteiger partial charge in [-0.05, 0) is 55.5 Å². The monoisotopic (exact) mass is 463 g/mol. The fourth-order valence-electron chi connectivity index (χ4n) is 3.20. The third kappa shape index (κ3) is 7.71. The molecule has 0 aliphatic heterocycles. The first-order valence-corrected chi connectivity index (χ1v) is 10.8. The molecule has 0 bridgehead atoms. The molecular formula is C24H27F2NO6. The average Bonchev–Trinajstić information content (AvgIpc) is 3.60. The highest BCUT2D eigenvalue weighted by Crippen LogP contribution is 2.30. The molecule has 1 atom stereocenters. The maximum absolute atomic E-state index is 13.4. The molecule has 3 rings (SSSR count). The molecule has 1 N–H and O–H groups in total. The fourth-order valence-corrected chi connectivity index (χ4v) is 3.20. The molecule has 1 unspecified atom stereocenters. The zero-order valence-corrected chi connectivity index (χ0v) is 18.3. The van der Waals surface area contributed by atoms with Gasteiger partial charge < -0.3 is 24.2 Å². The standard InChI is InChI=1S/C24H27F2NO6/c1-2-31-22(23(28)29)13-16-5-7-18(8-6-16)32-12-11-27(15-17-3-4-17)24(30)33-19-9-10-20(25)21(26)14-19/h5-10,14,17,22H,2-4,11-13,15H2,1H3,(H,28,29). The van der Waals surface area contributed by atoms with Gasteiger partial charge in [-0.3, -0.25) is 0 Å². The van der Waals surface area contributed by atoms with Gasteiger partial charge in [-0.2, -0.15) is 0 Å². The maximum Gasteiger partial charge on any atom is 0.415 e. The molecule has 0 heterocycles. The molecule has 33 heavy (non-hydrogen) atoms. The number of carbonyl (C=O) groups excluding carboxylic acids is 1. The van der Waals surface area contributed by atoms with Crippen LogP contribution in [0.15, 0.2) is 42.5 Å². The van der Waals surface area contributed by atoms with E-state index in [0.29, 0.717) is 24.8 Å². The Hall–Kier alpha value is -3.20. The van der Waals surface area contributed by atoms with Crippen LogP contribution in [-0.2, 0) is 16.0 Å². The molecule has 2 aromatic carbocycles.